The van der Waals surface area contributed by atoms with Crippen molar-refractivity contribution in [1.82, 2.24) is 4.90 Å². The number of ketones is 1. The highest BCUT2D eigenvalue weighted by Crippen LogP contribution is 2.41. The Balaban J connectivity index is 0.00000258. The average Bonchev–Trinajstić information content (AvgIpc) is 3.12. The molecule has 56 heavy (non-hydrogen) atoms. The van der Waals surface area contributed by atoms with Crippen LogP contribution in [0.25, 0.3) is 0 Å². The van der Waals surface area contributed by atoms with Crippen LogP contribution in [0.5, 0.6) is 0 Å². The Labute approximate surface area is 333 Å². The normalized spacial score (nSPS) is 46.0. The Kier molecular flexibility index (Phi) is 18.4. The molecule has 0 aromatic carbocycles. The van der Waals surface area contributed by atoms with Gasteiger partial charge in [-0.05, 0) is 81.8 Å². The molecular formula is C40H72NO15-. The largest absolute Gasteiger partial charge is 0.550 e. The van der Waals surface area contributed by atoms with Crippen LogP contribution in [0, 0.1) is 23.7 Å². The molecule has 0 amide bonds. The van der Waals surface area contributed by atoms with Crippen molar-refractivity contribution in [2.45, 2.75) is 186 Å². The van der Waals surface area contributed by atoms with Crippen molar-refractivity contribution in [2.75, 3.05) is 28.3 Å². The number of Topliss-reactive ketones (excluding diaryl/α,β-unsaturated/α-hetero) is 1. The third-order valence-corrected chi connectivity index (χ3v) is 12.3. The Morgan fingerprint density at radius 3 is 1.95 bits per heavy atom. The van der Waals surface area contributed by atoms with E-state index >= 15 is 0 Å². The molecule has 0 aromatic heterocycles. The number of aliphatic carboxylic acids is 1. The minimum Gasteiger partial charge on any atom is -0.550 e. The van der Waals surface area contributed by atoms with Crippen molar-refractivity contribution in [1.29, 1.82) is 0 Å². The lowest BCUT2D eigenvalue weighted by Crippen LogP contribution is -2.61. The predicted octanol–water partition coefficient (Wildman–Crippen LogP) is 1.20. The molecule has 16 heteroatoms. The van der Waals surface area contributed by atoms with E-state index in [4.69, 9.17) is 43.1 Å². The molecule has 16 nitrogen and oxygen atoms in total. The topological polar surface area (TPSA) is 223 Å². The van der Waals surface area contributed by atoms with Crippen LogP contribution < -0.4 is 5.11 Å². The summed E-state index contributed by atoms with van der Waals surface area (Å²) in [6.07, 6.45) is -8.73. The van der Waals surface area contributed by atoms with E-state index in [9.17, 15) is 30.0 Å². The van der Waals surface area contributed by atoms with Crippen LogP contribution in [0.15, 0.2) is 0 Å². The number of aliphatic hydroxyl groups excluding tert-OH is 3. The smallest absolute Gasteiger partial charge is 0.311 e. The van der Waals surface area contributed by atoms with E-state index < -0.39 is 108 Å². The Bertz CT molecular complexity index is 1280. The maximum Gasteiger partial charge on any atom is 0.311 e. The van der Waals surface area contributed by atoms with Crippen molar-refractivity contribution in [2.24, 2.45) is 23.7 Å². The third kappa shape index (κ3) is 11.7. The molecule has 3 heterocycles. The van der Waals surface area contributed by atoms with Crippen LogP contribution in [0.3, 0.4) is 0 Å². The molecular weight excluding hydrogens is 734 g/mol. The summed E-state index contributed by atoms with van der Waals surface area (Å²) in [7, 11) is 6.77. The van der Waals surface area contributed by atoms with E-state index in [0.29, 0.717) is 6.42 Å². The van der Waals surface area contributed by atoms with Gasteiger partial charge in [-0.25, -0.2) is 0 Å². The molecule has 0 bridgehead atoms. The van der Waals surface area contributed by atoms with E-state index in [-0.39, 0.29) is 37.2 Å². The fourth-order valence-electron chi connectivity index (χ4n) is 8.58. The summed E-state index contributed by atoms with van der Waals surface area (Å²) in [5.74, 6) is -5.55. The van der Waals surface area contributed by atoms with Crippen molar-refractivity contribution in [3.05, 3.63) is 0 Å². The zero-order valence-electron chi connectivity index (χ0n) is 36.2. The Hall–Kier alpha value is -1.83. The van der Waals surface area contributed by atoms with Gasteiger partial charge in [0.05, 0.1) is 47.6 Å². The number of esters is 1. The first-order valence-corrected chi connectivity index (χ1v) is 19.8. The summed E-state index contributed by atoms with van der Waals surface area (Å²) in [4.78, 5) is 39.0. The van der Waals surface area contributed by atoms with Crippen molar-refractivity contribution < 1.29 is 73.1 Å². The van der Waals surface area contributed by atoms with Gasteiger partial charge in [0.15, 0.2) is 12.6 Å². The number of likely N-dealkylation sites (N-methyl/N-ethyl adjacent to an activating group) is 1. The van der Waals surface area contributed by atoms with Crippen LogP contribution in [0.4, 0.5) is 0 Å². The Morgan fingerprint density at radius 2 is 1.45 bits per heavy atom. The summed E-state index contributed by atoms with van der Waals surface area (Å²) >= 11 is 0. The van der Waals surface area contributed by atoms with Gasteiger partial charge in [-0.3, -0.25) is 9.59 Å². The van der Waals surface area contributed by atoms with Crippen molar-refractivity contribution in [3.63, 3.8) is 0 Å². The molecule has 4 N–H and O–H groups in total. The summed E-state index contributed by atoms with van der Waals surface area (Å²) < 4.78 is 43.9. The van der Waals surface area contributed by atoms with Gasteiger partial charge in [0.1, 0.15) is 29.7 Å². The molecule has 0 aromatic rings. The van der Waals surface area contributed by atoms with Gasteiger partial charge in [-0.2, -0.15) is 0 Å². The number of nitrogens with zero attached hydrogens (tertiary/aromatic N) is 1. The van der Waals surface area contributed by atoms with E-state index in [1.54, 1.807) is 48.5 Å². The van der Waals surface area contributed by atoms with Gasteiger partial charge < -0.3 is 68.4 Å². The van der Waals surface area contributed by atoms with Crippen LogP contribution in [-0.2, 0) is 47.5 Å². The first-order chi connectivity index (χ1) is 25.7. The number of aliphatic hydroxyl groups is 4. The maximum absolute atomic E-state index is 14.2. The van der Waals surface area contributed by atoms with E-state index in [2.05, 4.69) is 0 Å². The highest BCUT2D eigenvalue weighted by Gasteiger charge is 2.54. The number of carbonyl (C=O) groups excluding carboxylic acids is 3. The fourth-order valence-corrected chi connectivity index (χ4v) is 8.58. The number of hydrogen-bond donors (Lipinski definition) is 4. The van der Waals surface area contributed by atoms with Crippen LogP contribution in [0.2, 0.25) is 0 Å². The lowest BCUT2D eigenvalue weighted by molar-refractivity contribution is -0.319. The van der Waals surface area contributed by atoms with Gasteiger partial charge in [0.25, 0.3) is 0 Å². The number of ether oxygens (including phenoxy) is 7. The molecule has 3 rings (SSSR count). The van der Waals surface area contributed by atoms with E-state index in [0.717, 1.165) is 6.92 Å². The monoisotopic (exact) mass is 806 g/mol. The van der Waals surface area contributed by atoms with E-state index in [1.807, 2.05) is 32.8 Å². The average molecular weight is 807 g/mol. The third-order valence-electron chi connectivity index (χ3n) is 12.3. The van der Waals surface area contributed by atoms with E-state index in [1.165, 1.54) is 21.1 Å². The maximum atomic E-state index is 14.2. The molecule has 3 saturated heterocycles. The minimum absolute atomic E-state index is 0.111. The second kappa shape index (κ2) is 20.4. The lowest BCUT2D eigenvalue weighted by Gasteiger charge is -2.50. The Morgan fingerprint density at radius 1 is 0.893 bits per heavy atom. The molecule has 0 aliphatic carbocycles. The lowest BCUT2D eigenvalue weighted by atomic mass is 9.74. The standard InChI is InChI=1S/C38H69NO13.C2H4O2/c1-15-26-38(10,45)31(42)21(4)28(40)19(2)17-37(9,47-14)33(52-35-29(41)25(39(11)12)16-20(3)48-35)22(5)30(23(6)34(44)50-26)51-27-18-36(8,46-13)32(43)24(7)49-27;1-2(3)4/h19-27,29-33,35,41-43,45H,15-18H2,1-14H3;1H3,(H,3,4)/p-1/t19-,20-,21+,22+,23-,24+,25+,26-,27+,29-,30+,31-,32+,33-,35+,36-,37-,38-;/m1./s1. The fraction of sp³-hybridized carbons (Fsp3) is 0.925. The number of carboxylic acid groups (broad SMARTS) is 1. The second-order valence-electron chi connectivity index (χ2n) is 17.1. The second-order valence-corrected chi connectivity index (χ2v) is 17.1. The zero-order valence-corrected chi connectivity index (χ0v) is 36.2. The summed E-state index contributed by atoms with van der Waals surface area (Å²) in [5, 5.41) is 54.4. The van der Waals surface area contributed by atoms with Crippen LogP contribution in [-0.4, -0.2) is 156 Å². The van der Waals surface area contributed by atoms with Gasteiger partial charge >= 0.3 is 5.97 Å². The molecule has 0 saturated carbocycles. The quantitative estimate of drug-likeness (QED) is 0.253. The summed E-state index contributed by atoms with van der Waals surface area (Å²) in [5.41, 5.74) is -4.24. The molecule has 3 aliphatic heterocycles. The number of carboxylic acids is 1. The molecule has 3 fully saturated rings. The van der Waals surface area contributed by atoms with Crippen LogP contribution >= 0.6 is 0 Å². The van der Waals surface area contributed by atoms with Gasteiger partial charge in [0.2, 0.25) is 0 Å². The number of hydrogen-bond acceptors (Lipinski definition) is 16. The molecule has 328 valence electrons. The van der Waals surface area contributed by atoms with Crippen molar-refractivity contribution in [3.8, 4) is 0 Å². The van der Waals surface area contributed by atoms with Gasteiger partial charge in [0, 0.05) is 50.4 Å². The number of carbonyl (C=O) groups is 3. The molecule has 0 unspecified atom stereocenters. The summed E-state index contributed by atoms with van der Waals surface area (Å²) in [6, 6.07) is -0.283. The molecule has 3 aliphatic rings. The van der Waals surface area contributed by atoms with Crippen molar-refractivity contribution >= 4 is 17.7 Å². The van der Waals surface area contributed by atoms with Crippen LogP contribution in [0.1, 0.15) is 102 Å². The first kappa shape index (κ1) is 50.3. The van der Waals surface area contributed by atoms with Gasteiger partial charge in [-0.1, -0.05) is 27.7 Å². The predicted molar refractivity (Wildman–Crippen MR) is 202 cm³/mol. The van der Waals surface area contributed by atoms with Gasteiger partial charge in [-0.15, -0.1) is 0 Å². The first-order valence-electron chi connectivity index (χ1n) is 19.8. The number of rotatable bonds is 8. The SMILES string of the molecule is CC(=O)[O-].CC[C@H]1OC(=O)[C@H](C)[C@@H](O[C@H]2C[C@@](C)(OC)[C@@H](O)[C@H](C)O2)[C@H](C)[C@@H](O[C@@H]2O[C@H](C)C[C@H](N(C)C)[C@H]2O)[C@](C)(OC)C[C@@H](C)C(=O)[C@H](C)[C@@H](O)[C@]1(C)O. The molecule has 0 radical (unpaired) electrons. The highest BCUT2D eigenvalue weighted by atomic mass is 16.7. The highest BCUT2D eigenvalue weighted by molar-refractivity contribution is 5.83. The zero-order chi connectivity index (χ0) is 43.2. The number of methoxy groups -OCH3 is 2. The molecule has 0 spiro atoms. The number of cyclic esters (lactones) is 1. The minimum atomic E-state index is -1.96. The summed E-state index contributed by atoms with van der Waals surface area (Å²) in [6.45, 7) is 18.0. The molecule has 18 atom stereocenters.